The quantitative estimate of drug-likeness (QED) is 0.897. The molecule has 0 spiro atoms. The van der Waals surface area contributed by atoms with Gasteiger partial charge in [0, 0.05) is 17.8 Å². The molecule has 4 nitrogen and oxygen atoms in total. The monoisotopic (exact) mass is 271 g/mol. The maximum atomic E-state index is 12.2. The molecule has 0 unspecified atom stereocenters. The van der Waals surface area contributed by atoms with E-state index in [1.165, 1.54) is 18.2 Å². The topological polar surface area (TPSA) is 49.9 Å². The van der Waals surface area contributed by atoms with Crippen LogP contribution < -0.4 is 10.1 Å². The van der Waals surface area contributed by atoms with E-state index in [-0.39, 0.29) is 11.4 Å². The van der Waals surface area contributed by atoms with Crippen LogP contribution in [0.1, 0.15) is 11.3 Å². The molecular formula is C12H12F3N3O. The van der Waals surface area contributed by atoms with Gasteiger partial charge in [-0.2, -0.15) is 5.10 Å². The number of nitrogens with zero attached hydrogens (tertiary/aromatic N) is 1. The number of para-hydroxylation sites is 2. The van der Waals surface area contributed by atoms with Crippen molar-refractivity contribution in [2.45, 2.75) is 19.8 Å². The SMILES string of the molecule is Cc1[nH]ncc1CNc1ccccc1OC(F)(F)F. The van der Waals surface area contributed by atoms with E-state index >= 15 is 0 Å². The number of aromatic nitrogens is 2. The zero-order valence-corrected chi connectivity index (χ0v) is 10.1. The second-order valence-corrected chi connectivity index (χ2v) is 3.92. The van der Waals surface area contributed by atoms with Crippen LogP contribution in [0.2, 0.25) is 0 Å². The fourth-order valence-electron chi connectivity index (χ4n) is 1.57. The second kappa shape index (κ2) is 5.21. The molecule has 0 fully saturated rings. The molecule has 1 aromatic heterocycles. The van der Waals surface area contributed by atoms with Gasteiger partial charge in [0.2, 0.25) is 0 Å². The Bertz CT molecular complexity index is 551. The van der Waals surface area contributed by atoms with Gasteiger partial charge in [-0.3, -0.25) is 5.10 Å². The van der Waals surface area contributed by atoms with Crippen molar-refractivity contribution >= 4 is 5.69 Å². The predicted octanol–water partition coefficient (Wildman–Crippen LogP) is 3.23. The number of hydrogen-bond acceptors (Lipinski definition) is 3. The van der Waals surface area contributed by atoms with Crippen molar-refractivity contribution in [2.24, 2.45) is 0 Å². The molecule has 7 heteroatoms. The highest BCUT2D eigenvalue weighted by Crippen LogP contribution is 2.30. The molecular weight excluding hydrogens is 259 g/mol. The number of alkyl halides is 3. The first kappa shape index (κ1) is 13.3. The Kier molecular flexibility index (Phi) is 3.64. The summed E-state index contributed by atoms with van der Waals surface area (Å²) in [6.45, 7) is 2.20. The molecule has 19 heavy (non-hydrogen) atoms. The first-order valence-corrected chi connectivity index (χ1v) is 5.53. The summed E-state index contributed by atoms with van der Waals surface area (Å²) in [5, 5.41) is 9.49. The van der Waals surface area contributed by atoms with E-state index in [0.29, 0.717) is 6.54 Å². The van der Waals surface area contributed by atoms with Crippen molar-refractivity contribution < 1.29 is 17.9 Å². The average Bonchev–Trinajstić information content (AvgIpc) is 2.72. The molecule has 0 bridgehead atoms. The zero-order valence-electron chi connectivity index (χ0n) is 10.1. The van der Waals surface area contributed by atoms with Crippen LogP contribution in [-0.4, -0.2) is 16.6 Å². The van der Waals surface area contributed by atoms with E-state index < -0.39 is 6.36 Å². The van der Waals surface area contributed by atoms with Crippen LogP contribution in [0, 0.1) is 6.92 Å². The molecule has 0 atom stereocenters. The van der Waals surface area contributed by atoms with Gasteiger partial charge in [0.05, 0.1) is 11.9 Å². The first-order valence-electron chi connectivity index (χ1n) is 5.53. The number of aromatic amines is 1. The standard InChI is InChI=1S/C12H12F3N3O/c1-8-9(7-17-18-8)6-16-10-4-2-3-5-11(10)19-12(13,14)15/h2-5,7,16H,6H2,1H3,(H,17,18). The minimum absolute atomic E-state index is 0.254. The lowest BCUT2D eigenvalue weighted by Gasteiger charge is -2.14. The highest BCUT2D eigenvalue weighted by molar-refractivity contribution is 5.56. The third-order valence-corrected chi connectivity index (χ3v) is 2.52. The van der Waals surface area contributed by atoms with E-state index in [1.54, 1.807) is 12.3 Å². The maximum Gasteiger partial charge on any atom is 0.573 e. The van der Waals surface area contributed by atoms with Crippen LogP contribution in [-0.2, 0) is 6.54 Å². The summed E-state index contributed by atoms with van der Waals surface area (Å²) in [7, 11) is 0. The predicted molar refractivity (Wildman–Crippen MR) is 63.8 cm³/mol. The van der Waals surface area contributed by atoms with Crippen molar-refractivity contribution in [3.63, 3.8) is 0 Å². The van der Waals surface area contributed by atoms with Crippen molar-refractivity contribution in [2.75, 3.05) is 5.32 Å². The summed E-state index contributed by atoms with van der Waals surface area (Å²) in [4.78, 5) is 0. The number of aryl methyl sites for hydroxylation is 1. The van der Waals surface area contributed by atoms with Gasteiger partial charge in [0.1, 0.15) is 0 Å². The molecule has 0 radical (unpaired) electrons. The summed E-state index contributed by atoms with van der Waals surface area (Å²) in [6.07, 6.45) is -3.08. The molecule has 102 valence electrons. The maximum absolute atomic E-state index is 12.2. The van der Waals surface area contributed by atoms with Crippen LogP contribution >= 0.6 is 0 Å². The highest BCUT2D eigenvalue weighted by atomic mass is 19.4. The number of benzene rings is 1. The normalized spacial score (nSPS) is 11.4. The third kappa shape index (κ3) is 3.64. The Hall–Kier alpha value is -2.18. The van der Waals surface area contributed by atoms with Crippen LogP contribution in [0.3, 0.4) is 0 Å². The van der Waals surface area contributed by atoms with E-state index in [4.69, 9.17) is 0 Å². The van der Waals surface area contributed by atoms with Crippen molar-refractivity contribution in [3.05, 3.63) is 41.7 Å². The van der Waals surface area contributed by atoms with Gasteiger partial charge in [0.25, 0.3) is 0 Å². The minimum Gasteiger partial charge on any atom is -0.404 e. The lowest BCUT2D eigenvalue weighted by Crippen LogP contribution is -2.18. The molecule has 0 saturated carbocycles. The fourth-order valence-corrected chi connectivity index (χ4v) is 1.57. The molecule has 2 aromatic rings. The molecule has 2 rings (SSSR count). The Labute approximate surface area is 107 Å². The molecule has 0 aliphatic rings. The summed E-state index contributed by atoms with van der Waals surface area (Å²) in [5.74, 6) is -0.254. The smallest absolute Gasteiger partial charge is 0.404 e. The zero-order chi connectivity index (χ0) is 13.9. The van der Waals surface area contributed by atoms with Gasteiger partial charge >= 0.3 is 6.36 Å². The Morgan fingerprint density at radius 2 is 2.05 bits per heavy atom. The van der Waals surface area contributed by atoms with Crippen molar-refractivity contribution in [1.29, 1.82) is 0 Å². The number of halogens is 3. The van der Waals surface area contributed by atoms with E-state index in [1.807, 2.05) is 6.92 Å². The highest BCUT2D eigenvalue weighted by Gasteiger charge is 2.32. The average molecular weight is 271 g/mol. The summed E-state index contributed by atoms with van der Waals surface area (Å²) < 4.78 is 40.6. The van der Waals surface area contributed by atoms with E-state index in [2.05, 4.69) is 20.3 Å². The van der Waals surface area contributed by atoms with E-state index in [9.17, 15) is 13.2 Å². The summed E-state index contributed by atoms with van der Waals surface area (Å²) >= 11 is 0. The van der Waals surface area contributed by atoms with Crippen LogP contribution in [0.15, 0.2) is 30.5 Å². The lowest BCUT2D eigenvalue weighted by molar-refractivity contribution is -0.274. The Morgan fingerprint density at radius 1 is 1.32 bits per heavy atom. The number of H-pyrrole nitrogens is 1. The van der Waals surface area contributed by atoms with Crippen LogP contribution in [0.25, 0.3) is 0 Å². The van der Waals surface area contributed by atoms with Crippen molar-refractivity contribution in [1.82, 2.24) is 10.2 Å². The summed E-state index contributed by atoms with van der Waals surface area (Å²) in [5.41, 5.74) is 2.02. The largest absolute Gasteiger partial charge is 0.573 e. The fraction of sp³-hybridized carbons (Fsp3) is 0.250. The summed E-state index contributed by atoms with van der Waals surface area (Å²) in [6, 6.07) is 5.90. The minimum atomic E-state index is -4.71. The Morgan fingerprint density at radius 3 is 2.68 bits per heavy atom. The molecule has 0 aliphatic heterocycles. The lowest BCUT2D eigenvalue weighted by atomic mass is 10.2. The number of hydrogen-bond donors (Lipinski definition) is 2. The van der Waals surface area contributed by atoms with Gasteiger partial charge in [-0.05, 0) is 19.1 Å². The first-order chi connectivity index (χ1) is 8.96. The van der Waals surface area contributed by atoms with Crippen molar-refractivity contribution in [3.8, 4) is 5.75 Å². The molecule has 0 aliphatic carbocycles. The van der Waals surface area contributed by atoms with Crippen LogP contribution in [0.4, 0.5) is 18.9 Å². The molecule has 0 amide bonds. The van der Waals surface area contributed by atoms with Gasteiger partial charge in [0.15, 0.2) is 5.75 Å². The number of rotatable bonds is 4. The van der Waals surface area contributed by atoms with Gasteiger partial charge in [-0.15, -0.1) is 13.2 Å². The van der Waals surface area contributed by atoms with Gasteiger partial charge < -0.3 is 10.1 Å². The second-order valence-electron chi connectivity index (χ2n) is 3.92. The Balaban J connectivity index is 2.10. The number of nitrogens with one attached hydrogen (secondary N) is 2. The third-order valence-electron chi connectivity index (χ3n) is 2.52. The number of ether oxygens (including phenoxy) is 1. The molecule has 1 aromatic carbocycles. The van der Waals surface area contributed by atoms with Crippen LogP contribution in [0.5, 0.6) is 5.75 Å². The van der Waals surface area contributed by atoms with Gasteiger partial charge in [-0.25, -0.2) is 0 Å². The van der Waals surface area contributed by atoms with Gasteiger partial charge in [-0.1, -0.05) is 12.1 Å². The molecule has 0 saturated heterocycles. The molecule has 2 N–H and O–H groups in total. The molecule has 1 heterocycles. The van der Waals surface area contributed by atoms with E-state index in [0.717, 1.165) is 11.3 Å². The number of anilines is 1.